The maximum Gasteiger partial charge on any atom is 0.371 e. The Morgan fingerprint density at radius 2 is 2.33 bits per heavy atom. The van der Waals surface area contributed by atoms with Crippen molar-refractivity contribution in [1.29, 1.82) is 0 Å². The minimum Gasteiger partial charge on any atom is -0.475 e. The first-order valence-electron chi connectivity index (χ1n) is 4.34. The molecule has 2 N–H and O–H groups in total. The third kappa shape index (κ3) is 1.03. The molecule has 1 aromatic carbocycles. The van der Waals surface area contributed by atoms with E-state index in [0.717, 1.165) is 16.3 Å². The number of H-pyrrole nitrogens is 1. The van der Waals surface area contributed by atoms with Gasteiger partial charge in [0, 0.05) is 16.8 Å². The summed E-state index contributed by atoms with van der Waals surface area (Å²) in [7, 11) is 0. The van der Waals surface area contributed by atoms with Crippen LogP contribution in [0.15, 0.2) is 28.8 Å². The van der Waals surface area contributed by atoms with Gasteiger partial charge in [0.05, 0.1) is 11.7 Å². The Balaban J connectivity index is 2.46. The van der Waals surface area contributed by atoms with Crippen molar-refractivity contribution in [2.75, 3.05) is 0 Å². The van der Waals surface area contributed by atoms with Crippen molar-refractivity contribution in [2.24, 2.45) is 0 Å². The number of carbonyl (C=O) groups is 1. The summed E-state index contributed by atoms with van der Waals surface area (Å²) in [6.07, 6.45) is 1.68. The zero-order valence-corrected chi connectivity index (χ0v) is 7.52. The van der Waals surface area contributed by atoms with Gasteiger partial charge in [0.25, 0.3) is 0 Å². The van der Waals surface area contributed by atoms with E-state index in [-0.39, 0.29) is 5.76 Å². The molecule has 0 saturated heterocycles. The summed E-state index contributed by atoms with van der Waals surface area (Å²) >= 11 is 0. The first kappa shape index (κ1) is 8.05. The molecule has 2 aromatic heterocycles. The first-order chi connectivity index (χ1) is 7.25. The van der Waals surface area contributed by atoms with Gasteiger partial charge in [0.15, 0.2) is 0 Å². The predicted octanol–water partition coefficient (Wildman–Crippen LogP) is 2.01. The van der Waals surface area contributed by atoms with E-state index in [4.69, 9.17) is 9.52 Å². The maximum absolute atomic E-state index is 10.7. The third-order valence-corrected chi connectivity index (χ3v) is 2.32. The van der Waals surface area contributed by atoms with Crippen LogP contribution in [0.1, 0.15) is 10.6 Å². The number of benzene rings is 1. The van der Waals surface area contributed by atoms with Gasteiger partial charge in [-0.15, -0.1) is 0 Å². The van der Waals surface area contributed by atoms with Gasteiger partial charge in [0.1, 0.15) is 5.58 Å². The molecule has 0 aliphatic heterocycles. The van der Waals surface area contributed by atoms with Crippen LogP contribution in [0.4, 0.5) is 0 Å². The molecule has 0 bridgehead atoms. The van der Waals surface area contributed by atoms with Crippen LogP contribution in [0.5, 0.6) is 0 Å². The first-order valence-corrected chi connectivity index (χ1v) is 4.34. The van der Waals surface area contributed by atoms with Gasteiger partial charge in [-0.05, 0) is 12.1 Å². The van der Waals surface area contributed by atoms with E-state index in [1.165, 1.54) is 6.07 Å². The topological polar surface area (TPSA) is 79.1 Å². The molecular weight excluding hydrogens is 196 g/mol. The summed E-state index contributed by atoms with van der Waals surface area (Å²) in [5.41, 5.74) is 1.34. The smallest absolute Gasteiger partial charge is 0.371 e. The van der Waals surface area contributed by atoms with Crippen LogP contribution in [-0.4, -0.2) is 21.3 Å². The molecule has 0 unspecified atom stereocenters. The number of nitrogens with one attached hydrogen (secondary N) is 1. The highest BCUT2D eigenvalue weighted by Gasteiger charge is 2.12. The Kier molecular flexibility index (Phi) is 1.39. The predicted molar refractivity (Wildman–Crippen MR) is 52.8 cm³/mol. The number of hydrogen-bond donors (Lipinski definition) is 2. The number of carboxylic acids is 1. The summed E-state index contributed by atoms with van der Waals surface area (Å²) in [5, 5.41) is 17.2. The number of rotatable bonds is 1. The molecule has 0 spiro atoms. The van der Waals surface area contributed by atoms with E-state index in [2.05, 4.69) is 10.2 Å². The van der Waals surface area contributed by atoms with E-state index in [1.807, 2.05) is 6.07 Å². The Hall–Kier alpha value is -2.30. The van der Waals surface area contributed by atoms with Crippen LogP contribution in [0, 0.1) is 0 Å². The lowest BCUT2D eigenvalue weighted by Gasteiger charge is -1.88. The molecule has 0 aliphatic rings. The van der Waals surface area contributed by atoms with Crippen LogP contribution in [0.3, 0.4) is 0 Å². The minimum absolute atomic E-state index is 0.0629. The fourth-order valence-corrected chi connectivity index (χ4v) is 1.63. The normalized spacial score (nSPS) is 11.2. The molecular formula is C10H6N2O3. The summed E-state index contributed by atoms with van der Waals surface area (Å²) in [6, 6.07) is 5.06. The van der Waals surface area contributed by atoms with Gasteiger partial charge in [-0.1, -0.05) is 0 Å². The van der Waals surface area contributed by atoms with Crippen molar-refractivity contribution in [1.82, 2.24) is 10.2 Å². The summed E-state index contributed by atoms with van der Waals surface area (Å²) in [6.45, 7) is 0. The van der Waals surface area contributed by atoms with Gasteiger partial charge in [0.2, 0.25) is 5.76 Å². The van der Waals surface area contributed by atoms with E-state index in [1.54, 1.807) is 12.3 Å². The number of aromatic carboxylic acids is 1. The molecule has 3 aromatic rings. The Labute approximate surface area is 83.3 Å². The lowest BCUT2D eigenvalue weighted by Crippen LogP contribution is -1.91. The molecule has 0 saturated carbocycles. The van der Waals surface area contributed by atoms with Crippen molar-refractivity contribution in [2.45, 2.75) is 0 Å². The summed E-state index contributed by atoms with van der Waals surface area (Å²) in [4.78, 5) is 10.7. The van der Waals surface area contributed by atoms with Crippen molar-refractivity contribution < 1.29 is 14.3 Å². The number of aromatic amines is 1. The summed E-state index contributed by atoms with van der Waals surface area (Å²) < 4.78 is 5.16. The fraction of sp³-hybridized carbons (Fsp3) is 0. The Morgan fingerprint density at radius 1 is 1.47 bits per heavy atom. The van der Waals surface area contributed by atoms with Crippen LogP contribution >= 0.6 is 0 Å². The van der Waals surface area contributed by atoms with Gasteiger partial charge in [-0.3, -0.25) is 5.10 Å². The standard InChI is InChI=1S/C10H6N2O3/c13-10(14)8-3-6-7(15-8)2-1-5-4-11-12-9(5)6/h1-4H,(H,11,12)(H,13,14). The van der Waals surface area contributed by atoms with Gasteiger partial charge < -0.3 is 9.52 Å². The SMILES string of the molecule is O=C(O)c1cc2c(ccc3cn[nH]c32)o1. The number of aromatic nitrogens is 2. The number of carboxylic acid groups (broad SMARTS) is 1. The molecule has 5 nitrogen and oxygen atoms in total. The lowest BCUT2D eigenvalue weighted by molar-refractivity contribution is 0.0665. The van der Waals surface area contributed by atoms with Crippen molar-refractivity contribution in [3.63, 3.8) is 0 Å². The second-order valence-electron chi connectivity index (χ2n) is 3.23. The largest absolute Gasteiger partial charge is 0.475 e. The van der Waals surface area contributed by atoms with Crippen LogP contribution < -0.4 is 0 Å². The molecule has 0 atom stereocenters. The number of fused-ring (bicyclic) bond motifs is 3. The third-order valence-electron chi connectivity index (χ3n) is 2.32. The lowest BCUT2D eigenvalue weighted by atomic mass is 10.2. The second-order valence-corrected chi connectivity index (χ2v) is 3.23. The average Bonchev–Trinajstić information content (AvgIpc) is 2.82. The molecule has 3 rings (SSSR count). The molecule has 5 heteroatoms. The monoisotopic (exact) mass is 202 g/mol. The quantitative estimate of drug-likeness (QED) is 0.632. The molecule has 74 valence electrons. The second kappa shape index (κ2) is 2.60. The summed E-state index contributed by atoms with van der Waals surface area (Å²) in [5.74, 6) is -1.13. The molecule has 0 aliphatic carbocycles. The van der Waals surface area contributed by atoms with Gasteiger partial charge in [-0.25, -0.2) is 4.79 Å². The van der Waals surface area contributed by atoms with Gasteiger partial charge >= 0.3 is 5.97 Å². The Morgan fingerprint density at radius 3 is 3.13 bits per heavy atom. The number of furan rings is 1. The zero-order chi connectivity index (χ0) is 10.4. The van der Waals surface area contributed by atoms with Crippen LogP contribution in [0.25, 0.3) is 21.9 Å². The highest BCUT2D eigenvalue weighted by molar-refractivity contribution is 6.05. The van der Waals surface area contributed by atoms with E-state index in [9.17, 15) is 4.79 Å². The van der Waals surface area contributed by atoms with Crippen molar-refractivity contribution >= 4 is 27.8 Å². The minimum atomic E-state index is -1.07. The number of hydrogen-bond acceptors (Lipinski definition) is 3. The maximum atomic E-state index is 10.7. The Bertz CT molecular complexity index is 665. The molecule has 0 amide bonds. The van der Waals surface area contributed by atoms with E-state index >= 15 is 0 Å². The van der Waals surface area contributed by atoms with Crippen LogP contribution in [0.2, 0.25) is 0 Å². The number of nitrogens with zero attached hydrogens (tertiary/aromatic N) is 1. The highest BCUT2D eigenvalue weighted by Crippen LogP contribution is 2.26. The molecule has 2 heterocycles. The molecule has 0 fully saturated rings. The van der Waals surface area contributed by atoms with Crippen molar-refractivity contribution in [3.05, 3.63) is 30.2 Å². The van der Waals surface area contributed by atoms with E-state index < -0.39 is 5.97 Å². The van der Waals surface area contributed by atoms with Crippen LogP contribution in [-0.2, 0) is 0 Å². The zero-order valence-electron chi connectivity index (χ0n) is 7.52. The molecule has 0 radical (unpaired) electrons. The highest BCUT2D eigenvalue weighted by atomic mass is 16.4. The van der Waals surface area contributed by atoms with Crippen molar-refractivity contribution in [3.8, 4) is 0 Å². The average molecular weight is 202 g/mol. The van der Waals surface area contributed by atoms with Gasteiger partial charge in [-0.2, -0.15) is 5.10 Å². The van der Waals surface area contributed by atoms with E-state index in [0.29, 0.717) is 5.58 Å². The molecule has 15 heavy (non-hydrogen) atoms. The fourth-order valence-electron chi connectivity index (χ4n) is 1.63.